The SMILES string of the molecule is C=C/C=C(\C=C)NCCC=O. The number of rotatable bonds is 6. The van der Waals surface area contributed by atoms with Crippen LogP contribution in [0.4, 0.5) is 0 Å². The Morgan fingerprint density at radius 1 is 1.45 bits per heavy atom. The first-order chi connectivity index (χ1) is 5.35. The zero-order valence-electron chi connectivity index (χ0n) is 6.55. The fourth-order valence-corrected chi connectivity index (χ4v) is 0.602. The van der Waals surface area contributed by atoms with Crippen molar-refractivity contribution < 1.29 is 4.79 Å². The van der Waals surface area contributed by atoms with E-state index in [-0.39, 0.29) is 0 Å². The van der Waals surface area contributed by atoms with E-state index in [9.17, 15) is 4.79 Å². The summed E-state index contributed by atoms with van der Waals surface area (Å²) in [6.07, 6.45) is 6.55. The van der Waals surface area contributed by atoms with Crippen molar-refractivity contribution >= 4 is 6.29 Å². The van der Waals surface area contributed by atoms with Gasteiger partial charge >= 0.3 is 0 Å². The Labute approximate surface area is 67.3 Å². The molecule has 0 rings (SSSR count). The lowest BCUT2D eigenvalue weighted by molar-refractivity contribution is -0.107. The molecule has 0 aromatic carbocycles. The first-order valence-electron chi connectivity index (χ1n) is 3.47. The van der Waals surface area contributed by atoms with Crippen molar-refractivity contribution in [2.45, 2.75) is 6.42 Å². The summed E-state index contributed by atoms with van der Waals surface area (Å²) in [5.41, 5.74) is 0.891. The third-order valence-electron chi connectivity index (χ3n) is 1.11. The molecule has 60 valence electrons. The molecule has 0 aromatic heterocycles. The van der Waals surface area contributed by atoms with Crippen molar-refractivity contribution in [3.05, 3.63) is 37.1 Å². The van der Waals surface area contributed by atoms with Crippen LogP contribution in [0, 0.1) is 0 Å². The molecular formula is C9H13NO. The standard InChI is InChI=1S/C9H13NO/c1-3-6-9(4-2)10-7-5-8-11/h3-4,6,8,10H,1-2,5,7H2/b9-6+. The predicted octanol–water partition coefficient (Wildman–Crippen LogP) is 1.42. The van der Waals surface area contributed by atoms with Crippen LogP contribution in [0.15, 0.2) is 37.1 Å². The summed E-state index contributed by atoms with van der Waals surface area (Å²) in [6.45, 7) is 7.78. The molecule has 2 heteroatoms. The van der Waals surface area contributed by atoms with Crippen LogP contribution in [0.1, 0.15) is 6.42 Å². The highest BCUT2D eigenvalue weighted by Gasteiger charge is 1.86. The minimum Gasteiger partial charge on any atom is -0.385 e. The van der Waals surface area contributed by atoms with Gasteiger partial charge in [0.2, 0.25) is 0 Å². The molecular weight excluding hydrogens is 138 g/mol. The van der Waals surface area contributed by atoms with E-state index in [4.69, 9.17) is 0 Å². The summed E-state index contributed by atoms with van der Waals surface area (Å²) in [6, 6.07) is 0. The number of nitrogens with one attached hydrogen (secondary N) is 1. The lowest BCUT2D eigenvalue weighted by Crippen LogP contribution is -2.13. The number of hydrogen-bond acceptors (Lipinski definition) is 2. The van der Waals surface area contributed by atoms with Crippen LogP contribution < -0.4 is 5.32 Å². The van der Waals surface area contributed by atoms with E-state index in [1.54, 1.807) is 18.2 Å². The second kappa shape index (κ2) is 6.81. The number of aldehydes is 1. The quantitative estimate of drug-likeness (QED) is 0.353. The van der Waals surface area contributed by atoms with E-state index >= 15 is 0 Å². The minimum absolute atomic E-state index is 0.516. The lowest BCUT2D eigenvalue weighted by Gasteiger charge is -2.02. The van der Waals surface area contributed by atoms with Crippen molar-refractivity contribution in [2.75, 3.05) is 6.54 Å². The van der Waals surface area contributed by atoms with E-state index in [1.165, 1.54) is 0 Å². The molecule has 0 aliphatic carbocycles. The molecule has 0 aliphatic rings. The van der Waals surface area contributed by atoms with Crippen LogP contribution in [0.2, 0.25) is 0 Å². The Bertz CT molecular complexity index is 170. The predicted molar refractivity (Wildman–Crippen MR) is 47.2 cm³/mol. The van der Waals surface area contributed by atoms with Gasteiger partial charge in [0.05, 0.1) is 0 Å². The fourth-order valence-electron chi connectivity index (χ4n) is 0.602. The third kappa shape index (κ3) is 5.15. The lowest BCUT2D eigenvalue weighted by atomic mass is 10.3. The molecule has 0 unspecified atom stereocenters. The highest BCUT2D eigenvalue weighted by molar-refractivity contribution is 5.49. The molecule has 0 spiro atoms. The second-order valence-electron chi connectivity index (χ2n) is 1.94. The Morgan fingerprint density at radius 2 is 2.18 bits per heavy atom. The maximum Gasteiger partial charge on any atom is 0.121 e. The van der Waals surface area contributed by atoms with Crippen LogP contribution in [-0.2, 0) is 4.79 Å². The molecule has 0 aliphatic heterocycles. The summed E-state index contributed by atoms with van der Waals surface area (Å²) in [5.74, 6) is 0. The average molecular weight is 151 g/mol. The molecule has 0 heterocycles. The molecule has 0 atom stereocenters. The molecule has 2 nitrogen and oxygen atoms in total. The van der Waals surface area contributed by atoms with Crippen LogP contribution >= 0.6 is 0 Å². The van der Waals surface area contributed by atoms with Crippen LogP contribution in [0.3, 0.4) is 0 Å². The van der Waals surface area contributed by atoms with Gasteiger partial charge in [-0.2, -0.15) is 0 Å². The summed E-state index contributed by atoms with van der Waals surface area (Å²) in [5, 5.41) is 3.01. The van der Waals surface area contributed by atoms with Crippen molar-refractivity contribution in [3.63, 3.8) is 0 Å². The van der Waals surface area contributed by atoms with E-state index in [0.29, 0.717) is 13.0 Å². The third-order valence-corrected chi connectivity index (χ3v) is 1.11. The molecule has 0 saturated carbocycles. The summed E-state index contributed by atoms with van der Waals surface area (Å²) in [7, 11) is 0. The number of allylic oxidation sites excluding steroid dienone is 3. The maximum absolute atomic E-state index is 9.93. The van der Waals surface area contributed by atoms with Gasteiger partial charge in [-0.3, -0.25) is 0 Å². The minimum atomic E-state index is 0.516. The first kappa shape index (κ1) is 9.69. The molecule has 0 aromatic rings. The van der Waals surface area contributed by atoms with E-state index in [2.05, 4.69) is 18.5 Å². The van der Waals surface area contributed by atoms with Gasteiger partial charge in [-0.15, -0.1) is 0 Å². The number of carbonyl (C=O) groups excluding carboxylic acids is 1. The molecule has 0 amide bonds. The van der Waals surface area contributed by atoms with Crippen molar-refractivity contribution in [1.29, 1.82) is 0 Å². The zero-order chi connectivity index (χ0) is 8.53. The normalized spacial score (nSPS) is 10.4. The molecule has 0 radical (unpaired) electrons. The van der Waals surface area contributed by atoms with Gasteiger partial charge in [0.1, 0.15) is 6.29 Å². The van der Waals surface area contributed by atoms with E-state index in [1.807, 2.05) is 0 Å². The van der Waals surface area contributed by atoms with Crippen molar-refractivity contribution in [3.8, 4) is 0 Å². The van der Waals surface area contributed by atoms with Gasteiger partial charge in [-0.1, -0.05) is 19.2 Å². The van der Waals surface area contributed by atoms with Gasteiger partial charge < -0.3 is 10.1 Å². The van der Waals surface area contributed by atoms with Gasteiger partial charge in [0.15, 0.2) is 0 Å². The summed E-state index contributed by atoms with van der Waals surface area (Å²) >= 11 is 0. The summed E-state index contributed by atoms with van der Waals surface area (Å²) in [4.78, 5) is 9.93. The van der Waals surface area contributed by atoms with Gasteiger partial charge in [0, 0.05) is 18.7 Å². The largest absolute Gasteiger partial charge is 0.385 e. The Morgan fingerprint density at radius 3 is 2.64 bits per heavy atom. The van der Waals surface area contributed by atoms with Crippen molar-refractivity contribution in [2.24, 2.45) is 0 Å². The fraction of sp³-hybridized carbons (Fsp3) is 0.222. The molecule has 0 bridgehead atoms. The Hall–Kier alpha value is -1.31. The molecule has 0 fully saturated rings. The Balaban J connectivity index is 3.69. The smallest absolute Gasteiger partial charge is 0.121 e. The van der Waals surface area contributed by atoms with Gasteiger partial charge in [-0.25, -0.2) is 0 Å². The van der Waals surface area contributed by atoms with Crippen LogP contribution in [0.5, 0.6) is 0 Å². The number of carbonyl (C=O) groups is 1. The molecule has 11 heavy (non-hydrogen) atoms. The highest BCUT2D eigenvalue weighted by Crippen LogP contribution is 1.89. The second-order valence-corrected chi connectivity index (χ2v) is 1.94. The van der Waals surface area contributed by atoms with Gasteiger partial charge in [0.25, 0.3) is 0 Å². The van der Waals surface area contributed by atoms with Gasteiger partial charge in [-0.05, 0) is 12.2 Å². The monoisotopic (exact) mass is 151 g/mol. The summed E-state index contributed by atoms with van der Waals surface area (Å²) < 4.78 is 0. The van der Waals surface area contributed by atoms with Crippen LogP contribution in [0.25, 0.3) is 0 Å². The maximum atomic E-state index is 9.93. The average Bonchev–Trinajstić information content (AvgIpc) is 2.03. The Kier molecular flexibility index (Phi) is 5.99. The van der Waals surface area contributed by atoms with Crippen molar-refractivity contribution in [1.82, 2.24) is 5.32 Å². The molecule has 0 saturated heterocycles. The topological polar surface area (TPSA) is 29.1 Å². The van der Waals surface area contributed by atoms with E-state index < -0.39 is 0 Å². The van der Waals surface area contributed by atoms with E-state index in [0.717, 1.165) is 12.0 Å². The van der Waals surface area contributed by atoms with Crippen LogP contribution in [-0.4, -0.2) is 12.8 Å². The highest BCUT2D eigenvalue weighted by atomic mass is 16.1. The molecule has 1 N–H and O–H groups in total. The zero-order valence-corrected chi connectivity index (χ0v) is 6.55. The number of hydrogen-bond donors (Lipinski definition) is 1. The first-order valence-corrected chi connectivity index (χ1v) is 3.47.